The zero-order valence-corrected chi connectivity index (χ0v) is 9.75. The first-order chi connectivity index (χ1) is 6.74. The van der Waals surface area contributed by atoms with Gasteiger partial charge < -0.3 is 4.74 Å². The summed E-state index contributed by atoms with van der Waals surface area (Å²) < 4.78 is 6.46. The molecule has 1 saturated carbocycles. The van der Waals surface area contributed by atoms with Crippen LogP contribution in [-0.2, 0) is 0 Å². The van der Waals surface area contributed by atoms with Gasteiger partial charge in [0.2, 0.25) is 0 Å². The molecule has 1 fully saturated rings. The van der Waals surface area contributed by atoms with Crippen molar-refractivity contribution in [3.8, 4) is 5.75 Å². The minimum atomic E-state index is 0.731. The lowest BCUT2D eigenvalue weighted by Gasteiger charge is -2.04. The minimum Gasteiger partial charge on any atom is -0.450 e. The van der Waals surface area contributed by atoms with E-state index in [0.29, 0.717) is 0 Å². The molecule has 1 aromatic carbocycles. The number of hydrogen-bond acceptors (Lipinski definition) is 1. The maximum Gasteiger partial charge on any atom is 0.166 e. The lowest BCUT2D eigenvalue weighted by atomic mass is 10.2. The summed E-state index contributed by atoms with van der Waals surface area (Å²) in [4.78, 5) is 0. The molecule has 1 aliphatic carbocycles. The zero-order valence-electron chi connectivity index (χ0n) is 8.16. The zero-order chi connectivity index (χ0) is 9.97. The molecule has 0 heterocycles. The second-order valence-electron chi connectivity index (χ2n) is 3.73. The standard InChI is InChI=1S/C12H13BrO/c1-9-3-2-4-11(7-9)14-12(13)8-10-5-6-10/h2-4,7-8,10H,5-6H2,1H3/b12-8+. The predicted molar refractivity (Wildman–Crippen MR) is 61.5 cm³/mol. The highest BCUT2D eigenvalue weighted by atomic mass is 79.9. The quantitative estimate of drug-likeness (QED) is 0.739. The van der Waals surface area contributed by atoms with Crippen molar-refractivity contribution in [2.45, 2.75) is 19.8 Å². The first-order valence-corrected chi connectivity index (χ1v) is 5.65. The summed E-state index contributed by atoms with van der Waals surface area (Å²) in [5, 5.41) is 0. The number of halogens is 1. The lowest BCUT2D eigenvalue weighted by molar-refractivity contribution is 0.466. The van der Waals surface area contributed by atoms with Crippen LogP contribution in [0.1, 0.15) is 18.4 Å². The van der Waals surface area contributed by atoms with Gasteiger partial charge in [0.05, 0.1) is 0 Å². The van der Waals surface area contributed by atoms with Gasteiger partial charge in [-0.2, -0.15) is 0 Å². The Morgan fingerprint density at radius 1 is 1.50 bits per heavy atom. The van der Waals surface area contributed by atoms with E-state index in [2.05, 4.69) is 35.0 Å². The van der Waals surface area contributed by atoms with E-state index < -0.39 is 0 Å². The van der Waals surface area contributed by atoms with Crippen LogP contribution in [0.3, 0.4) is 0 Å². The molecule has 74 valence electrons. The number of aryl methyl sites for hydroxylation is 1. The van der Waals surface area contributed by atoms with Gasteiger partial charge in [0.25, 0.3) is 0 Å². The van der Waals surface area contributed by atoms with Crippen molar-refractivity contribution in [1.29, 1.82) is 0 Å². The molecule has 0 aliphatic heterocycles. The summed E-state index contributed by atoms with van der Waals surface area (Å²) in [6, 6.07) is 8.06. The number of benzene rings is 1. The third kappa shape index (κ3) is 2.88. The maximum absolute atomic E-state index is 5.62. The Kier molecular flexibility index (Phi) is 2.92. The van der Waals surface area contributed by atoms with Crippen LogP contribution in [0.4, 0.5) is 0 Å². The molecule has 0 aromatic heterocycles. The topological polar surface area (TPSA) is 9.23 Å². The molecule has 2 rings (SSSR count). The van der Waals surface area contributed by atoms with Gasteiger partial charge in [-0.3, -0.25) is 0 Å². The van der Waals surface area contributed by atoms with E-state index >= 15 is 0 Å². The summed E-state index contributed by atoms with van der Waals surface area (Å²) in [6.07, 6.45) is 4.74. The number of ether oxygens (including phenoxy) is 1. The van der Waals surface area contributed by atoms with Crippen molar-refractivity contribution in [2.24, 2.45) is 5.92 Å². The summed E-state index contributed by atoms with van der Waals surface area (Å²) in [5.41, 5.74) is 1.22. The fourth-order valence-electron chi connectivity index (χ4n) is 1.27. The van der Waals surface area contributed by atoms with Gasteiger partial charge in [-0.1, -0.05) is 12.1 Å². The molecule has 1 aliphatic rings. The molecule has 0 atom stereocenters. The van der Waals surface area contributed by atoms with Gasteiger partial charge in [0.15, 0.2) is 4.67 Å². The monoisotopic (exact) mass is 252 g/mol. The highest BCUT2D eigenvalue weighted by Gasteiger charge is 2.19. The fourth-order valence-corrected chi connectivity index (χ4v) is 1.83. The largest absolute Gasteiger partial charge is 0.450 e. The van der Waals surface area contributed by atoms with E-state index in [-0.39, 0.29) is 0 Å². The molecule has 0 saturated heterocycles. The lowest BCUT2D eigenvalue weighted by Crippen LogP contribution is -1.88. The van der Waals surface area contributed by atoms with Crippen LogP contribution >= 0.6 is 15.9 Å². The van der Waals surface area contributed by atoms with Crippen LogP contribution in [0.2, 0.25) is 0 Å². The molecule has 0 unspecified atom stereocenters. The van der Waals surface area contributed by atoms with Crippen LogP contribution in [0.25, 0.3) is 0 Å². The van der Waals surface area contributed by atoms with Crippen molar-refractivity contribution in [3.05, 3.63) is 40.6 Å². The summed E-state index contributed by atoms with van der Waals surface area (Å²) in [7, 11) is 0. The molecule has 0 amide bonds. The first-order valence-electron chi connectivity index (χ1n) is 4.86. The van der Waals surface area contributed by atoms with Crippen molar-refractivity contribution < 1.29 is 4.74 Å². The van der Waals surface area contributed by atoms with Gasteiger partial charge in [0, 0.05) is 0 Å². The summed E-state index contributed by atoms with van der Waals surface area (Å²) in [6.45, 7) is 2.06. The van der Waals surface area contributed by atoms with Gasteiger partial charge in [-0.05, 0) is 65.4 Å². The van der Waals surface area contributed by atoms with Crippen LogP contribution in [0, 0.1) is 12.8 Å². The number of hydrogen-bond donors (Lipinski definition) is 0. The average molecular weight is 253 g/mol. The molecule has 0 bridgehead atoms. The third-order valence-corrected chi connectivity index (χ3v) is 2.62. The van der Waals surface area contributed by atoms with Crippen LogP contribution in [0.15, 0.2) is 35.0 Å². The van der Waals surface area contributed by atoms with E-state index in [4.69, 9.17) is 4.74 Å². The van der Waals surface area contributed by atoms with Crippen molar-refractivity contribution in [3.63, 3.8) is 0 Å². The highest BCUT2D eigenvalue weighted by Crippen LogP contribution is 2.33. The molecule has 0 N–H and O–H groups in total. The van der Waals surface area contributed by atoms with Gasteiger partial charge in [-0.15, -0.1) is 0 Å². The Hall–Kier alpha value is -0.760. The molecule has 0 spiro atoms. The van der Waals surface area contributed by atoms with Crippen molar-refractivity contribution >= 4 is 15.9 Å². The summed E-state index contributed by atoms with van der Waals surface area (Å²) in [5.74, 6) is 1.63. The van der Waals surface area contributed by atoms with Crippen LogP contribution in [-0.4, -0.2) is 0 Å². The Bertz CT molecular complexity index is 353. The van der Waals surface area contributed by atoms with Crippen molar-refractivity contribution in [1.82, 2.24) is 0 Å². The molecule has 2 heteroatoms. The first kappa shape index (κ1) is 9.78. The maximum atomic E-state index is 5.62. The van der Waals surface area contributed by atoms with E-state index in [1.165, 1.54) is 18.4 Å². The van der Waals surface area contributed by atoms with Crippen LogP contribution < -0.4 is 4.74 Å². The summed E-state index contributed by atoms with van der Waals surface area (Å²) >= 11 is 3.42. The molecular formula is C12H13BrO. The van der Waals surface area contributed by atoms with Gasteiger partial charge in [-0.25, -0.2) is 0 Å². The Morgan fingerprint density at radius 2 is 2.29 bits per heavy atom. The van der Waals surface area contributed by atoms with Gasteiger partial charge >= 0.3 is 0 Å². The van der Waals surface area contributed by atoms with E-state index in [9.17, 15) is 0 Å². The van der Waals surface area contributed by atoms with E-state index in [1.807, 2.05) is 18.2 Å². The van der Waals surface area contributed by atoms with E-state index in [0.717, 1.165) is 16.3 Å². The Balaban J connectivity index is 2.02. The van der Waals surface area contributed by atoms with Crippen LogP contribution in [0.5, 0.6) is 5.75 Å². The number of rotatable bonds is 3. The third-order valence-electron chi connectivity index (χ3n) is 2.19. The van der Waals surface area contributed by atoms with Gasteiger partial charge in [0.1, 0.15) is 5.75 Å². The molecule has 14 heavy (non-hydrogen) atoms. The second-order valence-corrected chi connectivity index (χ2v) is 4.51. The Labute approximate surface area is 92.9 Å². The average Bonchev–Trinajstić information content (AvgIpc) is 2.87. The van der Waals surface area contributed by atoms with Crippen molar-refractivity contribution in [2.75, 3.05) is 0 Å². The fraction of sp³-hybridized carbons (Fsp3) is 0.333. The normalized spacial score (nSPS) is 16.9. The molecular weight excluding hydrogens is 240 g/mol. The second kappa shape index (κ2) is 4.18. The Morgan fingerprint density at radius 3 is 2.93 bits per heavy atom. The smallest absolute Gasteiger partial charge is 0.166 e. The molecule has 1 nitrogen and oxygen atoms in total. The molecule has 0 radical (unpaired) electrons. The SMILES string of the molecule is Cc1cccc(O/C(Br)=C/C2CC2)c1. The molecule has 1 aromatic rings. The highest BCUT2D eigenvalue weighted by molar-refractivity contribution is 9.11. The predicted octanol–water partition coefficient (Wildman–Crippen LogP) is 4.02. The van der Waals surface area contributed by atoms with E-state index in [1.54, 1.807) is 0 Å². The number of allylic oxidation sites excluding steroid dienone is 1. The minimum absolute atomic E-state index is 0.731.